The summed E-state index contributed by atoms with van der Waals surface area (Å²) in [6, 6.07) is 7.10. The van der Waals surface area contributed by atoms with E-state index in [0.717, 1.165) is 0 Å². The fourth-order valence-corrected chi connectivity index (χ4v) is 4.18. The molecular formula is C22H30N2O8. The maximum absolute atomic E-state index is 12.9. The Morgan fingerprint density at radius 2 is 1.62 bits per heavy atom. The molecule has 10 heteroatoms. The molecule has 0 radical (unpaired) electrons. The molecule has 0 spiro atoms. The predicted molar refractivity (Wildman–Crippen MR) is 112 cm³/mol. The van der Waals surface area contributed by atoms with E-state index in [2.05, 4.69) is 10.6 Å². The van der Waals surface area contributed by atoms with E-state index in [4.69, 9.17) is 28.4 Å². The van der Waals surface area contributed by atoms with E-state index in [0.29, 0.717) is 11.4 Å². The van der Waals surface area contributed by atoms with Crippen LogP contribution in [0.5, 0.6) is 5.75 Å². The highest BCUT2D eigenvalue weighted by atomic mass is 16.9. The lowest BCUT2D eigenvalue weighted by Crippen LogP contribution is -2.59. The van der Waals surface area contributed by atoms with Crippen molar-refractivity contribution < 1.29 is 38.0 Å². The molecule has 5 atom stereocenters. The Labute approximate surface area is 186 Å². The summed E-state index contributed by atoms with van der Waals surface area (Å²) >= 11 is 0. The standard InChI is InChI=1S/C22H30N2O8/c1-21(2)29-15-16(30-21)18-20(32-22(3,4)31-18)28-17(15)19(26)23-11-10-14(25)24-12-8-6-7-9-13(12)27-5/h6-9,15-18,20H,10-11H2,1-5H3,(H,23,26)(H,24,25)/t15-,16-,17-,18-,20-/m1/s1. The number of benzene rings is 1. The first-order valence-corrected chi connectivity index (χ1v) is 10.7. The molecule has 0 saturated carbocycles. The molecule has 2 amide bonds. The molecule has 4 rings (SSSR count). The molecule has 1 aromatic carbocycles. The van der Waals surface area contributed by atoms with Crippen LogP contribution in [-0.4, -0.2) is 67.7 Å². The fourth-order valence-electron chi connectivity index (χ4n) is 4.18. The number of methoxy groups -OCH3 is 1. The second kappa shape index (κ2) is 8.60. The van der Waals surface area contributed by atoms with Gasteiger partial charge in [-0.2, -0.15) is 0 Å². The number of carbonyl (C=O) groups excluding carboxylic acids is 2. The van der Waals surface area contributed by atoms with Crippen molar-refractivity contribution in [1.29, 1.82) is 0 Å². The molecule has 32 heavy (non-hydrogen) atoms. The minimum absolute atomic E-state index is 0.0755. The van der Waals surface area contributed by atoms with Crippen LogP contribution in [0.4, 0.5) is 5.69 Å². The van der Waals surface area contributed by atoms with Gasteiger partial charge in [0.2, 0.25) is 5.91 Å². The van der Waals surface area contributed by atoms with Gasteiger partial charge < -0.3 is 39.1 Å². The van der Waals surface area contributed by atoms with E-state index >= 15 is 0 Å². The third-order valence-electron chi connectivity index (χ3n) is 5.45. The van der Waals surface area contributed by atoms with Crippen LogP contribution in [0.3, 0.4) is 0 Å². The van der Waals surface area contributed by atoms with Gasteiger partial charge in [0.1, 0.15) is 24.1 Å². The lowest BCUT2D eigenvalue weighted by Gasteiger charge is -2.36. The number of hydrogen-bond donors (Lipinski definition) is 2. The van der Waals surface area contributed by atoms with Gasteiger partial charge in [-0.25, -0.2) is 0 Å². The number of ether oxygens (including phenoxy) is 6. The van der Waals surface area contributed by atoms with Gasteiger partial charge in [0.05, 0.1) is 12.8 Å². The highest BCUT2D eigenvalue weighted by Gasteiger charge is 2.62. The monoisotopic (exact) mass is 450 g/mol. The van der Waals surface area contributed by atoms with E-state index in [9.17, 15) is 9.59 Å². The highest BCUT2D eigenvalue weighted by Crippen LogP contribution is 2.44. The second-order valence-electron chi connectivity index (χ2n) is 8.88. The van der Waals surface area contributed by atoms with Crippen LogP contribution in [0.15, 0.2) is 24.3 Å². The third-order valence-corrected chi connectivity index (χ3v) is 5.45. The second-order valence-corrected chi connectivity index (χ2v) is 8.88. The lowest BCUT2D eigenvalue weighted by molar-refractivity contribution is -0.231. The van der Waals surface area contributed by atoms with Gasteiger partial charge in [-0.1, -0.05) is 12.1 Å². The predicted octanol–water partition coefficient (Wildman–Crippen LogP) is 1.54. The molecule has 2 N–H and O–H groups in total. The summed E-state index contributed by atoms with van der Waals surface area (Å²) in [7, 11) is 1.53. The lowest BCUT2D eigenvalue weighted by atomic mass is 9.98. The van der Waals surface area contributed by atoms with Crippen molar-refractivity contribution >= 4 is 17.5 Å². The van der Waals surface area contributed by atoms with E-state index in [1.165, 1.54) is 7.11 Å². The molecule has 3 fully saturated rings. The average molecular weight is 450 g/mol. The van der Waals surface area contributed by atoms with Crippen molar-refractivity contribution in [1.82, 2.24) is 5.32 Å². The van der Waals surface area contributed by atoms with Crippen molar-refractivity contribution in [3.8, 4) is 5.75 Å². The van der Waals surface area contributed by atoms with Crippen LogP contribution in [0.25, 0.3) is 0 Å². The van der Waals surface area contributed by atoms with Crippen LogP contribution in [0.2, 0.25) is 0 Å². The fraction of sp³-hybridized carbons (Fsp3) is 0.636. The van der Waals surface area contributed by atoms with E-state index in [1.807, 2.05) is 6.07 Å². The molecule has 0 unspecified atom stereocenters. The first kappa shape index (κ1) is 22.9. The summed E-state index contributed by atoms with van der Waals surface area (Å²) in [4.78, 5) is 25.2. The molecule has 3 heterocycles. The summed E-state index contributed by atoms with van der Waals surface area (Å²) in [6.07, 6.45) is -3.33. The Balaban J connectivity index is 1.35. The minimum Gasteiger partial charge on any atom is -0.495 e. The number of hydrogen-bond acceptors (Lipinski definition) is 8. The van der Waals surface area contributed by atoms with Crippen LogP contribution in [0.1, 0.15) is 34.1 Å². The number of para-hydroxylation sites is 2. The molecule has 3 saturated heterocycles. The number of anilines is 1. The first-order chi connectivity index (χ1) is 15.1. The number of nitrogens with one attached hydrogen (secondary N) is 2. The van der Waals surface area contributed by atoms with E-state index in [1.54, 1.807) is 45.9 Å². The molecule has 0 aliphatic carbocycles. The molecule has 10 nitrogen and oxygen atoms in total. The number of carbonyl (C=O) groups is 2. The summed E-state index contributed by atoms with van der Waals surface area (Å²) in [5.74, 6) is -1.86. The third kappa shape index (κ3) is 4.74. The van der Waals surface area contributed by atoms with Gasteiger partial charge >= 0.3 is 0 Å². The minimum atomic E-state index is -0.960. The molecule has 0 aromatic heterocycles. The molecule has 3 aliphatic rings. The molecular weight excluding hydrogens is 420 g/mol. The van der Waals surface area contributed by atoms with Crippen molar-refractivity contribution in [2.75, 3.05) is 19.0 Å². The van der Waals surface area contributed by atoms with Gasteiger partial charge in [-0.05, 0) is 39.8 Å². The van der Waals surface area contributed by atoms with Crippen molar-refractivity contribution in [3.63, 3.8) is 0 Å². The Kier molecular flexibility index (Phi) is 6.17. The maximum atomic E-state index is 12.9. The van der Waals surface area contributed by atoms with Gasteiger partial charge in [0.15, 0.2) is 24.0 Å². The topological polar surface area (TPSA) is 114 Å². The number of fused-ring (bicyclic) bond motifs is 3. The summed E-state index contributed by atoms with van der Waals surface area (Å²) < 4.78 is 34.8. The van der Waals surface area contributed by atoms with E-state index in [-0.39, 0.29) is 18.9 Å². The Bertz CT molecular complexity index is 873. The smallest absolute Gasteiger partial charge is 0.252 e. The Morgan fingerprint density at radius 1 is 0.969 bits per heavy atom. The van der Waals surface area contributed by atoms with Gasteiger partial charge in [0.25, 0.3) is 5.91 Å². The SMILES string of the molecule is COc1ccccc1NC(=O)CCNC(=O)[C@@H]1O[C@@H]2OC(C)(C)O[C@@H]2[C@@H]2OC(C)(C)O[C@H]21. The number of amides is 2. The number of rotatable bonds is 6. The highest BCUT2D eigenvalue weighted by molar-refractivity contribution is 5.92. The Morgan fingerprint density at radius 3 is 2.38 bits per heavy atom. The zero-order chi connectivity index (χ0) is 23.1. The van der Waals surface area contributed by atoms with Gasteiger partial charge in [-0.3, -0.25) is 9.59 Å². The van der Waals surface area contributed by atoms with Crippen LogP contribution >= 0.6 is 0 Å². The van der Waals surface area contributed by atoms with E-state index < -0.39 is 48.2 Å². The summed E-state index contributed by atoms with van der Waals surface area (Å²) in [6.45, 7) is 7.23. The quantitative estimate of drug-likeness (QED) is 0.671. The van der Waals surface area contributed by atoms with Crippen LogP contribution < -0.4 is 15.4 Å². The maximum Gasteiger partial charge on any atom is 0.252 e. The molecule has 176 valence electrons. The van der Waals surface area contributed by atoms with Crippen molar-refractivity contribution in [2.24, 2.45) is 0 Å². The Hall–Kier alpha value is -2.24. The normalized spacial score (nSPS) is 32.0. The first-order valence-electron chi connectivity index (χ1n) is 10.7. The van der Waals surface area contributed by atoms with Gasteiger partial charge in [-0.15, -0.1) is 0 Å². The molecule has 1 aromatic rings. The van der Waals surface area contributed by atoms with Crippen molar-refractivity contribution in [3.05, 3.63) is 24.3 Å². The van der Waals surface area contributed by atoms with Crippen LogP contribution in [-0.2, 0) is 33.3 Å². The zero-order valence-electron chi connectivity index (χ0n) is 18.9. The van der Waals surface area contributed by atoms with Gasteiger partial charge in [0, 0.05) is 13.0 Å². The average Bonchev–Trinajstić information content (AvgIpc) is 3.21. The molecule has 0 bridgehead atoms. The summed E-state index contributed by atoms with van der Waals surface area (Å²) in [5.41, 5.74) is 0.565. The zero-order valence-corrected chi connectivity index (χ0v) is 18.9. The summed E-state index contributed by atoms with van der Waals surface area (Å²) in [5, 5.41) is 5.52. The van der Waals surface area contributed by atoms with Crippen LogP contribution in [0, 0.1) is 0 Å². The molecule has 3 aliphatic heterocycles. The largest absolute Gasteiger partial charge is 0.495 e. The van der Waals surface area contributed by atoms with Crippen molar-refractivity contribution in [2.45, 2.75) is 76.4 Å².